The Balaban J connectivity index is 1.62. The van der Waals surface area contributed by atoms with Crippen LogP contribution in [0.25, 0.3) is 10.2 Å². The molecule has 4 aromatic rings. The summed E-state index contributed by atoms with van der Waals surface area (Å²) in [6.07, 6.45) is 2.22. The highest BCUT2D eigenvalue weighted by molar-refractivity contribution is 7.91. The van der Waals surface area contributed by atoms with Crippen molar-refractivity contribution in [1.29, 1.82) is 0 Å². The van der Waals surface area contributed by atoms with E-state index in [0.29, 0.717) is 10.8 Å². The van der Waals surface area contributed by atoms with Crippen molar-refractivity contribution in [2.75, 3.05) is 10.7 Å². The molecule has 2 aromatic heterocycles. The van der Waals surface area contributed by atoms with Gasteiger partial charge in [-0.25, -0.2) is 17.8 Å². The van der Waals surface area contributed by atoms with Crippen LogP contribution in [-0.4, -0.2) is 30.0 Å². The van der Waals surface area contributed by atoms with Crippen molar-refractivity contribution < 1.29 is 17.6 Å². The number of aryl methyl sites for hydroxylation is 1. The maximum atomic E-state index is 13.3. The van der Waals surface area contributed by atoms with E-state index in [0.717, 1.165) is 34.3 Å². The van der Waals surface area contributed by atoms with Crippen molar-refractivity contribution in [2.45, 2.75) is 31.2 Å². The molecule has 0 atom stereocenters. The van der Waals surface area contributed by atoms with Crippen molar-refractivity contribution in [1.82, 2.24) is 9.97 Å². The van der Waals surface area contributed by atoms with E-state index in [9.17, 15) is 17.6 Å². The molecule has 0 spiro atoms. The van der Waals surface area contributed by atoms with Crippen molar-refractivity contribution in [3.05, 3.63) is 83.9 Å². The Morgan fingerprint density at radius 1 is 1.06 bits per heavy atom. The van der Waals surface area contributed by atoms with Crippen molar-refractivity contribution in [3.63, 3.8) is 0 Å². The molecule has 0 aliphatic heterocycles. The second kappa shape index (κ2) is 9.76. The van der Waals surface area contributed by atoms with E-state index < -0.39 is 15.7 Å². The maximum absolute atomic E-state index is 13.3. The van der Waals surface area contributed by atoms with E-state index in [-0.39, 0.29) is 29.5 Å². The topological polar surface area (TPSA) is 80.2 Å². The third kappa shape index (κ3) is 5.26. The van der Waals surface area contributed by atoms with Gasteiger partial charge in [-0.3, -0.25) is 14.7 Å². The molecule has 6 nitrogen and oxygen atoms in total. The Morgan fingerprint density at radius 3 is 2.55 bits per heavy atom. The quantitative estimate of drug-likeness (QED) is 0.337. The van der Waals surface area contributed by atoms with Gasteiger partial charge in [0.2, 0.25) is 5.91 Å². The first-order chi connectivity index (χ1) is 15.9. The number of sulfone groups is 1. The predicted molar refractivity (Wildman–Crippen MR) is 127 cm³/mol. The molecule has 0 bridgehead atoms. The predicted octanol–water partition coefficient (Wildman–Crippen LogP) is 4.79. The summed E-state index contributed by atoms with van der Waals surface area (Å²) in [5.41, 5.74) is 2.60. The van der Waals surface area contributed by atoms with Crippen LogP contribution in [-0.2, 0) is 27.6 Å². The second-order valence-electron chi connectivity index (χ2n) is 7.44. The fraction of sp³-hybridized carbons (Fsp3) is 0.208. The lowest BCUT2D eigenvalue weighted by Gasteiger charge is -2.19. The molecule has 0 fully saturated rings. The standard InChI is InChI=1S/C24H22FN3O3S2/c1-2-17-6-5-8-21-23(17)27-24(32-21)28(16-19-7-3-4-14-26-19)22(29)13-15-33(30,31)20-11-9-18(25)10-12-20/h3-12,14H,2,13,15-16H2,1H3. The molecule has 0 radical (unpaired) electrons. The first kappa shape index (κ1) is 23.0. The summed E-state index contributed by atoms with van der Waals surface area (Å²) in [5, 5.41) is 0.501. The fourth-order valence-electron chi connectivity index (χ4n) is 3.43. The van der Waals surface area contributed by atoms with Gasteiger partial charge in [0.1, 0.15) is 5.82 Å². The van der Waals surface area contributed by atoms with Gasteiger partial charge in [-0.15, -0.1) is 0 Å². The Morgan fingerprint density at radius 2 is 1.85 bits per heavy atom. The molecule has 33 heavy (non-hydrogen) atoms. The molecule has 2 heterocycles. The van der Waals surface area contributed by atoms with Gasteiger partial charge in [0.05, 0.1) is 33.1 Å². The number of anilines is 1. The monoisotopic (exact) mass is 483 g/mol. The van der Waals surface area contributed by atoms with Crippen LogP contribution in [0.2, 0.25) is 0 Å². The molecule has 1 amide bonds. The number of aromatic nitrogens is 2. The number of thiazole rings is 1. The number of rotatable bonds is 8. The number of hydrogen-bond donors (Lipinski definition) is 0. The average molecular weight is 484 g/mol. The normalized spacial score (nSPS) is 11.6. The summed E-state index contributed by atoms with van der Waals surface area (Å²) in [5.74, 6) is -1.28. The van der Waals surface area contributed by atoms with Gasteiger partial charge in [0.25, 0.3) is 0 Å². The molecular formula is C24H22FN3O3S2. The number of carbonyl (C=O) groups excluding carboxylic acids is 1. The third-order valence-corrected chi connectivity index (χ3v) is 7.98. The van der Waals surface area contributed by atoms with E-state index in [1.165, 1.54) is 28.4 Å². The minimum absolute atomic E-state index is 0.0134. The molecule has 0 saturated carbocycles. The van der Waals surface area contributed by atoms with Crippen molar-refractivity contribution in [3.8, 4) is 0 Å². The zero-order valence-corrected chi connectivity index (χ0v) is 19.6. The molecule has 170 valence electrons. The number of hydrogen-bond acceptors (Lipinski definition) is 6. The van der Waals surface area contributed by atoms with Crippen LogP contribution in [0.1, 0.15) is 24.6 Å². The fourth-order valence-corrected chi connectivity index (χ4v) is 5.69. The van der Waals surface area contributed by atoms with E-state index in [2.05, 4.69) is 4.98 Å². The van der Waals surface area contributed by atoms with Crippen LogP contribution in [0, 0.1) is 5.82 Å². The van der Waals surface area contributed by atoms with Crippen molar-refractivity contribution in [2.24, 2.45) is 0 Å². The van der Waals surface area contributed by atoms with Crippen LogP contribution in [0.5, 0.6) is 0 Å². The summed E-state index contributed by atoms with van der Waals surface area (Å²) in [7, 11) is -3.74. The van der Waals surface area contributed by atoms with Gasteiger partial charge in [-0.05, 0) is 54.4 Å². The largest absolute Gasteiger partial charge is 0.282 e. The van der Waals surface area contributed by atoms with Gasteiger partial charge in [-0.1, -0.05) is 36.5 Å². The molecule has 0 aliphatic carbocycles. The molecule has 0 unspecified atom stereocenters. The average Bonchev–Trinajstić information content (AvgIpc) is 3.26. The first-order valence-corrected chi connectivity index (χ1v) is 12.9. The van der Waals surface area contributed by atoms with E-state index in [4.69, 9.17) is 4.98 Å². The number of carbonyl (C=O) groups is 1. The zero-order valence-electron chi connectivity index (χ0n) is 17.9. The highest BCUT2D eigenvalue weighted by Gasteiger charge is 2.24. The van der Waals surface area contributed by atoms with Crippen LogP contribution in [0.15, 0.2) is 71.8 Å². The highest BCUT2D eigenvalue weighted by Crippen LogP contribution is 2.32. The molecule has 0 N–H and O–H groups in total. The number of para-hydroxylation sites is 1. The summed E-state index contributed by atoms with van der Waals surface area (Å²) in [4.78, 5) is 23.8. The van der Waals surface area contributed by atoms with E-state index >= 15 is 0 Å². The summed E-state index contributed by atoms with van der Waals surface area (Å²) in [6.45, 7) is 2.22. The zero-order chi connectivity index (χ0) is 23.4. The summed E-state index contributed by atoms with van der Waals surface area (Å²) >= 11 is 1.39. The minimum Gasteiger partial charge on any atom is -0.282 e. The van der Waals surface area contributed by atoms with Gasteiger partial charge in [-0.2, -0.15) is 0 Å². The maximum Gasteiger partial charge on any atom is 0.230 e. The van der Waals surface area contributed by atoms with Gasteiger partial charge in [0.15, 0.2) is 15.0 Å². The van der Waals surface area contributed by atoms with Gasteiger partial charge >= 0.3 is 0 Å². The minimum atomic E-state index is -3.74. The second-order valence-corrected chi connectivity index (χ2v) is 10.6. The Kier molecular flexibility index (Phi) is 6.80. The van der Waals surface area contributed by atoms with E-state index in [1.807, 2.05) is 31.2 Å². The summed E-state index contributed by atoms with van der Waals surface area (Å²) < 4.78 is 39.5. The van der Waals surface area contributed by atoms with Crippen LogP contribution in [0.4, 0.5) is 9.52 Å². The number of benzene rings is 2. The number of nitrogens with zero attached hydrogens (tertiary/aromatic N) is 3. The molecule has 4 rings (SSSR count). The third-order valence-electron chi connectivity index (χ3n) is 5.21. The van der Waals surface area contributed by atoms with Gasteiger partial charge in [0, 0.05) is 12.6 Å². The Labute approximate surface area is 195 Å². The number of fused-ring (bicyclic) bond motifs is 1. The molecule has 0 aliphatic rings. The lowest BCUT2D eigenvalue weighted by molar-refractivity contribution is -0.118. The lowest BCUT2D eigenvalue weighted by Crippen LogP contribution is -2.32. The van der Waals surface area contributed by atoms with Crippen LogP contribution >= 0.6 is 11.3 Å². The van der Waals surface area contributed by atoms with Crippen LogP contribution in [0.3, 0.4) is 0 Å². The lowest BCUT2D eigenvalue weighted by atomic mass is 10.1. The Hall–Kier alpha value is -3.17. The van der Waals surface area contributed by atoms with Gasteiger partial charge < -0.3 is 0 Å². The number of pyridine rings is 1. The number of amides is 1. The SMILES string of the molecule is CCc1cccc2sc(N(Cc3ccccn3)C(=O)CCS(=O)(=O)c3ccc(F)cc3)nc12. The van der Waals surface area contributed by atoms with Crippen LogP contribution < -0.4 is 4.90 Å². The number of halogens is 1. The van der Waals surface area contributed by atoms with E-state index in [1.54, 1.807) is 18.3 Å². The summed E-state index contributed by atoms with van der Waals surface area (Å²) in [6, 6.07) is 16.0. The molecular weight excluding hydrogens is 461 g/mol. The molecule has 2 aromatic carbocycles. The highest BCUT2D eigenvalue weighted by atomic mass is 32.2. The smallest absolute Gasteiger partial charge is 0.230 e. The molecule has 9 heteroatoms. The molecule has 0 saturated heterocycles. The Bertz CT molecular complexity index is 1370. The van der Waals surface area contributed by atoms with Crippen molar-refractivity contribution >= 4 is 42.4 Å². The first-order valence-electron chi connectivity index (χ1n) is 10.4.